The molecule has 0 heteroatoms. The summed E-state index contributed by atoms with van der Waals surface area (Å²) < 4.78 is 0. The van der Waals surface area contributed by atoms with Crippen LogP contribution in [0, 0.1) is 20.3 Å². The number of hydrogen-bond donors (Lipinski definition) is 0. The first-order valence-electron chi connectivity index (χ1n) is 5.38. The van der Waals surface area contributed by atoms with Crippen molar-refractivity contribution in [2.75, 3.05) is 0 Å². The van der Waals surface area contributed by atoms with E-state index in [9.17, 15) is 0 Å². The van der Waals surface area contributed by atoms with E-state index in [2.05, 4.69) is 45.4 Å². The quantitative estimate of drug-likeness (QED) is 0.652. The van der Waals surface area contributed by atoms with Gasteiger partial charge in [0.05, 0.1) is 0 Å². The van der Waals surface area contributed by atoms with E-state index in [0.717, 1.165) is 0 Å². The molecule has 0 saturated carbocycles. The molecule has 1 aliphatic carbocycles. The highest BCUT2D eigenvalue weighted by atomic mass is 14.2. The van der Waals surface area contributed by atoms with Gasteiger partial charge in [-0.1, -0.05) is 37.1 Å². The van der Waals surface area contributed by atoms with Crippen LogP contribution in [0.25, 0.3) is 6.08 Å². The molecule has 0 N–H and O–H groups in total. The average molecular weight is 185 g/mol. The van der Waals surface area contributed by atoms with Crippen LogP contribution in [0.3, 0.4) is 0 Å². The molecule has 0 fully saturated rings. The Labute approximate surface area is 86.7 Å². The molecule has 1 radical (unpaired) electrons. The van der Waals surface area contributed by atoms with Crippen molar-refractivity contribution in [1.82, 2.24) is 0 Å². The van der Waals surface area contributed by atoms with E-state index in [1.165, 1.54) is 40.7 Å². The molecule has 2 rings (SSSR count). The molecular weight excluding hydrogens is 168 g/mol. The van der Waals surface area contributed by atoms with Crippen molar-refractivity contribution in [1.29, 1.82) is 0 Å². The summed E-state index contributed by atoms with van der Waals surface area (Å²) >= 11 is 0. The normalized spacial score (nSPS) is 14.1. The van der Waals surface area contributed by atoms with E-state index in [-0.39, 0.29) is 0 Å². The van der Waals surface area contributed by atoms with E-state index >= 15 is 0 Å². The summed E-state index contributed by atoms with van der Waals surface area (Å²) in [5, 5.41) is 0. The Balaban J connectivity index is 2.40. The van der Waals surface area contributed by atoms with Gasteiger partial charge in [0, 0.05) is 6.42 Å². The van der Waals surface area contributed by atoms with Gasteiger partial charge in [-0.05, 0) is 42.5 Å². The Morgan fingerprint density at radius 3 is 2.21 bits per heavy atom. The third-order valence-corrected chi connectivity index (χ3v) is 2.92. The predicted octanol–water partition coefficient (Wildman–Crippen LogP) is 4.05. The second-order valence-corrected chi connectivity index (χ2v) is 4.14. The average Bonchev–Trinajstić information content (AvgIpc) is 2.57. The van der Waals surface area contributed by atoms with Crippen molar-refractivity contribution in [3.8, 4) is 0 Å². The monoisotopic (exact) mass is 185 g/mol. The zero-order valence-corrected chi connectivity index (χ0v) is 9.22. The maximum absolute atomic E-state index is 2.35. The molecule has 73 valence electrons. The Hall–Kier alpha value is -1.04. The summed E-state index contributed by atoms with van der Waals surface area (Å²) in [6, 6.07) is 4.43. The molecule has 0 spiro atoms. The van der Waals surface area contributed by atoms with Gasteiger partial charge in [0.2, 0.25) is 0 Å². The van der Waals surface area contributed by atoms with Gasteiger partial charge in [-0.15, -0.1) is 0 Å². The van der Waals surface area contributed by atoms with Gasteiger partial charge < -0.3 is 0 Å². The fourth-order valence-corrected chi connectivity index (χ4v) is 2.08. The van der Waals surface area contributed by atoms with Gasteiger partial charge >= 0.3 is 0 Å². The number of aryl methyl sites for hydroxylation is 2. The summed E-state index contributed by atoms with van der Waals surface area (Å²) in [5.41, 5.74) is 7.16. The number of fused-ring (bicyclic) bond motifs is 1. The van der Waals surface area contributed by atoms with Crippen LogP contribution in [-0.4, -0.2) is 0 Å². The number of rotatable bonds is 2. The Kier molecular flexibility index (Phi) is 2.45. The van der Waals surface area contributed by atoms with Crippen molar-refractivity contribution in [3.63, 3.8) is 0 Å². The molecule has 14 heavy (non-hydrogen) atoms. The lowest BCUT2D eigenvalue weighted by Gasteiger charge is -2.06. The molecule has 0 unspecified atom stereocenters. The highest BCUT2D eigenvalue weighted by Gasteiger charge is 2.15. The van der Waals surface area contributed by atoms with Crippen molar-refractivity contribution in [3.05, 3.63) is 46.4 Å². The summed E-state index contributed by atoms with van der Waals surface area (Å²) in [5.74, 6) is 0. The molecule has 0 bridgehead atoms. The smallest absolute Gasteiger partial charge is 0.0167 e. The van der Waals surface area contributed by atoms with Crippen molar-refractivity contribution in [2.45, 2.75) is 33.6 Å². The zero-order valence-electron chi connectivity index (χ0n) is 9.22. The van der Waals surface area contributed by atoms with Crippen LogP contribution in [0.5, 0.6) is 0 Å². The predicted molar refractivity (Wildman–Crippen MR) is 62.2 cm³/mol. The minimum Gasteiger partial charge on any atom is -0.0651 e. The SMILES string of the molecule is CCCC1=Cc2c(C)ccc(C)c2[CH]1. The lowest BCUT2D eigenvalue weighted by Crippen LogP contribution is -1.89. The number of benzene rings is 1. The van der Waals surface area contributed by atoms with Gasteiger partial charge in [0.15, 0.2) is 0 Å². The Bertz CT molecular complexity index is 383. The van der Waals surface area contributed by atoms with Crippen LogP contribution in [0.2, 0.25) is 0 Å². The van der Waals surface area contributed by atoms with Crippen LogP contribution < -0.4 is 0 Å². The van der Waals surface area contributed by atoms with Crippen LogP contribution in [0.15, 0.2) is 17.7 Å². The van der Waals surface area contributed by atoms with E-state index in [4.69, 9.17) is 0 Å². The molecule has 1 aliphatic rings. The fourth-order valence-electron chi connectivity index (χ4n) is 2.08. The van der Waals surface area contributed by atoms with Crippen molar-refractivity contribution in [2.24, 2.45) is 0 Å². The number of allylic oxidation sites excluding steroid dienone is 1. The third-order valence-electron chi connectivity index (χ3n) is 2.92. The van der Waals surface area contributed by atoms with Crippen molar-refractivity contribution < 1.29 is 0 Å². The summed E-state index contributed by atoms with van der Waals surface area (Å²) in [6.45, 7) is 6.62. The first-order chi connectivity index (χ1) is 6.72. The molecule has 0 nitrogen and oxygen atoms in total. The molecular formula is C14H17. The molecule has 1 aromatic rings. The minimum absolute atomic E-state index is 1.20. The van der Waals surface area contributed by atoms with Crippen LogP contribution >= 0.6 is 0 Å². The lowest BCUT2D eigenvalue weighted by atomic mass is 9.99. The van der Waals surface area contributed by atoms with Gasteiger partial charge in [0.25, 0.3) is 0 Å². The molecule has 0 saturated heterocycles. The Morgan fingerprint density at radius 2 is 1.64 bits per heavy atom. The second-order valence-electron chi connectivity index (χ2n) is 4.14. The second kappa shape index (κ2) is 3.61. The maximum Gasteiger partial charge on any atom is 0.0167 e. The third kappa shape index (κ3) is 1.50. The maximum atomic E-state index is 2.35. The molecule has 0 aromatic heterocycles. The summed E-state index contributed by atoms with van der Waals surface area (Å²) in [4.78, 5) is 0. The molecule has 0 heterocycles. The number of hydrogen-bond acceptors (Lipinski definition) is 0. The highest BCUT2D eigenvalue weighted by molar-refractivity contribution is 5.73. The molecule has 0 aliphatic heterocycles. The van der Waals surface area contributed by atoms with Gasteiger partial charge in [0.1, 0.15) is 0 Å². The fraction of sp³-hybridized carbons (Fsp3) is 0.357. The first kappa shape index (κ1) is 9.51. The van der Waals surface area contributed by atoms with Crippen LogP contribution in [-0.2, 0) is 0 Å². The van der Waals surface area contributed by atoms with Crippen LogP contribution in [0.4, 0.5) is 0 Å². The first-order valence-corrected chi connectivity index (χ1v) is 5.38. The van der Waals surface area contributed by atoms with Crippen molar-refractivity contribution >= 4 is 6.08 Å². The van der Waals surface area contributed by atoms with E-state index in [0.29, 0.717) is 0 Å². The largest absolute Gasteiger partial charge is 0.0651 e. The topological polar surface area (TPSA) is 0 Å². The van der Waals surface area contributed by atoms with E-state index in [1.807, 2.05) is 0 Å². The van der Waals surface area contributed by atoms with Crippen LogP contribution in [0.1, 0.15) is 42.0 Å². The summed E-state index contributed by atoms with van der Waals surface area (Å²) in [6.07, 6.45) is 7.13. The lowest BCUT2D eigenvalue weighted by molar-refractivity contribution is 0.923. The molecule has 0 atom stereocenters. The van der Waals surface area contributed by atoms with Gasteiger partial charge in [-0.2, -0.15) is 0 Å². The van der Waals surface area contributed by atoms with Gasteiger partial charge in [-0.3, -0.25) is 0 Å². The summed E-state index contributed by atoms with van der Waals surface area (Å²) in [7, 11) is 0. The minimum atomic E-state index is 1.20. The zero-order chi connectivity index (χ0) is 10.1. The van der Waals surface area contributed by atoms with E-state index in [1.54, 1.807) is 0 Å². The molecule has 0 amide bonds. The Morgan fingerprint density at radius 1 is 1.00 bits per heavy atom. The standard InChI is InChI=1S/C14H17/c1-4-5-12-8-13-10(2)6-7-11(3)14(13)9-12/h6-9H,4-5H2,1-3H3. The highest BCUT2D eigenvalue weighted by Crippen LogP contribution is 2.33. The van der Waals surface area contributed by atoms with E-state index < -0.39 is 0 Å². The van der Waals surface area contributed by atoms with Gasteiger partial charge in [-0.25, -0.2) is 0 Å². The molecule has 1 aromatic carbocycles.